The summed E-state index contributed by atoms with van der Waals surface area (Å²) in [6.07, 6.45) is 0. The van der Waals surface area contributed by atoms with Crippen LogP contribution < -0.4 is 4.72 Å². The number of carbonyl (C=O) groups is 2. The third-order valence-electron chi connectivity index (χ3n) is 4.28. The highest BCUT2D eigenvalue weighted by atomic mass is 32.2. The van der Waals surface area contributed by atoms with Gasteiger partial charge in [-0.25, -0.2) is 13.2 Å². The summed E-state index contributed by atoms with van der Waals surface area (Å²) in [7, 11) is -4.19. The second-order valence-electron chi connectivity index (χ2n) is 6.29. The van der Waals surface area contributed by atoms with Gasteiger partial charge in [0.2, 0.25) is 10.0 Å². The molecule has 0 saturated carbocycles. The molecule has 2 aromatic rings. The minimum Gasteiger partial charge on any atom is -0.464 e. The fourth-order valence-corrected chi connectivity index (χ4v) is 4.09. The monoisotopic (exact) mass is 401 g/mol. The number of aryl methyl sites for hydroxylation is 1. The van der Waals surface area contributed by atoms with E-state index < -0.39 is 27.3 Å². The zero-order valence-corrected chi connectivity index (χ0v) is 16.9. The molecule has 7 heteroatoms. The van der Waals surface area contributed by atoms with Gasteiger partial charge in [-0.2, -0.15) is 4.72 Å². The first kappa shape index (κ1) is 21.5. The summed E-state index contributed by atoms with van der Waals surface area (Å²) in [4.78, 5) is 25.2. The summed E-state index contributed by atoms with van der Waals surface area (Å²) in [6.45, 7) is 8.37. The number of Topliss-reactive ketones (excluding diaryl/α,β-unsaturated/α-hetero) is 1. The maximum Gasteiger partial charge on any atom is 0.336 e. The van der Waals surface area contributed by atoms with Crippen LogP contribution in [0.25, 0.3) is 0 Å². The molecule has 148 valence electrons. The first-order valence-corrected chi connectivity index (χ1v) is 10.2. The molecule has 0 aliphatic rings. The number of ketones is 1. The number of hydrogen-bond donors (Lipinski definition) is 1. The van der Waals surface area contributed by atoms with Gasteiger partial charge in [0.1, 0.15) is 0 Å². The lowest BCUT2D eigenvalue weighted by Crippen LogP contribution is -2.55. The Hall–Kier alpha value is -2.77. The summed E-state index contributed by atoms with van der Waals surface area (Å²) in [5.41, 5.74) is -1.18. The van der Waals surface area contributed by atoms with E-state index in [2.05, 4.69) is 11.3 Å². The smallest absolute Gasteiger partial charge is 0.336 e. The summed E-state index contributed by atoms with van der Waals surface area (Å²) < 4.78 is 33.8. The minimum absolute atomic E-state index is 0.00482. The molecule has 0 aliphatic carbocycles. The molecule has 2 aromatic carbocycles. The van der Waals surface area contributed by atoms with Crippen LogP contribution >= 0.6 is 0 Å². The number of nitrogens with one attached hydrogen (secondary N) is 1. The molecule has 0 amide bonds. The fourth-order valence-electron chi connectivity index (χ4n) is 2.75. The first-order valence-electron chi connectivity index (χ1n) is 8.69. The molecule has 28 heavy (non-hydrogen) atoms. The van der Waals surface area contributed by atoms with Crippen LogP contribution in [-0.2, 0) is 29.9 Å². The van der Waals surface area contributed by atoms with Crippen LogP contribution in [0.4, 0.5) is 0 Å². The van der Waals surface area contributed by atoms with Crippen molar-refractivity contribution >= 4 is 21.8 Å². The Balaban J connectivity index is 2.72. The predicted octanol–water partition coefficient (Wildman–Crippen LogP) is 2.88. The van der Waals surface area contributed by atoms with Gasteiger partial charge in [-0.3, -0.25) is 4.79 Å². The molecule has 0 radical (unpaired) electrons. The summed E-state index contributed by atoms with van der Waals surface area (Å²) in [5.74, 6) is -1.46. The lowest BCUT2D eigenvalue weighted by Gasteiger charge is -2.33. The van der Waals surface area contributed by atoms with Crippen molar-refractivity contribution in [3.8, 4) is 0 Å². The van der Waals surface area contributed by atoms with Gasteiger partial charge in [0.05, 0.1) is 11.5 Å². The Labute approximate surface area is 165 Å². The second kappa shape index (κ2) is 8.50. The standard InChI is InChI=1S/C21H23NO5S/c1-5-27-20(24)21(16(3)17(4)23,18-9-7-6-8-10-18)22-28(25,26)19-13-11-15(2)12-14-19/h6-14,22H,3,5H2,1-2,4H3. The molecule has 1 atom stereocenters. The third kappa shape index (κ3) is 4.21. The number of carbonyl (C=O) groups excluding carboxylic acids is 2. The van der Waals surface area contributed by atoms with E-state index >= 15 is 0 Å². The van der Waals surface area contributed by atoms with Gasteiger partial charge < -0.3 is 4.74 Å². The molecule has 2 rings (SSSR count). The van der Waals surface area contributed by atoms with Crippen molar-refractivity contribution in [2.75, 3.05) is 6.61 Å². The third-order valence-corrected chi connectivity index (χ3v) is 5.75. The zero-order valence-electron chi connectivity index (χ0n) is 16.1. The first-order chi connectivity index (χ1) is 13.1. The van der Waals surface area contributed by atoms with Crippen molar-refractivity contribution in [1.82, 2.24) is 4.72 Å². The van der Waals surface area contributed by atoms with Crippen LogP contribution in [-0.4, -0.2) is 26.8 Å². The molecule has 6 nitrogen and oxygen atoms in total. The molecule has 0 spiro atoms. The topological polar surface area (TPSA) is 89.5 Å². The quantitative estimate of drug-likeness (QED) is 0.543. The normalized spacial score (nSPS) is 13.4. The van der Waals surface area contributed by atoms with E-state index in [1.54, 1.807) is 49.4 Å². The van der Waals surface area contributed by atoms with Crippen LogP contribution in [0.2, 0.25) is 0 Å². The van der Waals surface area contributed by atoms with E-state index in [-0.39, 0.29) is 22.6 Å². The number of hydrogen-bond acceptors (Lipinski definition) is 5. The maximum absolute atomic E-state index is 13.1. The Morgan fingerprint density at radius 3 is 2.14 bits per heavy atom. The molecular formula is C21H23NO5S. The number of ether oxygens (including phenoxy) is 1. The van der Waals surface area contributed by atoms with Crippen molar-refractivity contribution in [3.05, 3.63) is 77.9 Å². The van der Waals surface area contributed by atoms with Crippen molar-refractivity contribution in [3.63, 3.8) is 0 Å². The SMILES string of the molecule is C=C(C(C)=O)C(NS(=O)(=O)c1ccc(C)cc1)(C(=O)OCC)c1ccccc1. The van der Waals surface area contributed by atoms with Crippen molar-refractivity contribution in [2.45, 2.75) is 31.2 Å². The average Bonchev–Trinajstić information content (AvgIpc) is 2.66. The largest absolute Gasteiger partial charge is 0.464 e. The van der Waals surface area contributed by atoms with E-state index in [0.29, 0.717) is 0 Å². The molecular weight excluding hydrogens is 378 g/mol. The van der Waals surface area contributed by atoms with E-state index in [0.717, 1.165) is 5.56 Å². The number of rotatable bonds is 8. The maximum atomic E-state index is 13.1. The minimum atomic E-state index is -4.19. The molecule has 0 fully saturated rings. The fraction of sp³-hybridized carbons (Fsp3) is 0.238. The van der Waals surface area contributed by atoms with Crippen LogP contribution in [0.3, 0.4) is 0 Å². The van der Waals surface area contributed by atoms with E-state index in [1.807, 2.05) is 6.92 Å². The van der Waals surface area contributed by atoms with Gasteiger partial charge in [0.15, 0.2) is 11.3 Å². The second-order valence-corrected chi connectivity index (χ2v) is 7.97. The Morgan fingerprint density at radius 2 is 1.64 bits per heavy atom. The molecule has 0 heterocycles. The van der Waals surface area contributed by atoms with E-state index in [1.165, 1.54) is 19.1 Å². The number of benzene rings is 2. The van der Waals surface area contributed by atoms with E-state index in [9.17, 15) is 18.0 Å². The zero-order chi connectivity index (χ0) is 20.9. The number of sulfonamides is 1. The van der Waals surface area contributed by atoms with Gasteiger partial charge in [-0.05, 0) is 38.5 Å². The van der Waals surface area contributed by atoms with Crippen LogP contribution in [0, 0.1) is 6.92 Å². The number of esters is 1. The molecule has 1 N–H and O–H groups in total. The van der Waals surface area contributed by atoms with Crippen molar-refractivity contribution in [2.24, 2.45) is 0 Å². The van der Waals surface area contributed by atoms with Gasteiger partial charge in [-0.15, -0.1) is 0 Å². The molecule has 0 saturated heterocycles. The highest BCUT2D eigenvalue weighted by molar-refractivity contribution is 7.89. The van der Waals surface area contributed by atoms with Gasteiger partial charge >= 0.3 is 5.97 Å². The average molecular weight is 401 g/mol. The Bertz CT molecular complexity index is 981. The van der Waals surface area contributed by atoms with E-state index in [4.69, 9.17) is 4.74 Å². The highest BCUT2D eigenvalue weighted by Crippen LogP contribution is 2.33. The van der Waals surface area contributed by atoms with Gasteiger partial charge in [0, 0.05) is 5.57 Å². The molecule has 0 aliphatic heterocycles. The van der Waals surface area contributed by atoms with Crippen LogP contribution in [0.1, 0.15) is 25.0 Å². The molecule has 1 unspecified atom stereocenters. The Kier molecular flexibility index (Phi) is 6.53. The van der Waals surface area contributed by atoms with Crippen molar-refractivity contribution in [1.29, 1.82) is 0 Å². The lowest BCUT2D eigenvalue weighted by atomic mass is 9.82. The molecule has 0 aromatic heterocycles. The van der Waals surface area contributed by atoms with Crippen LogP contribution in [0.15, 0.2) is 71.6 Å². The van der Waals surface area contributed by atoms with Gasteiger partial charge in [-0.1, -0.05) is 54.6 Å². The predicted molar refractivity (Wildman–Crippen MR) is 106 cm³/mol. The Morgan fingerprint density at radius 1 is 1.07 bits per heavy atom. The van der Waals surface area contributed by atoms with Crippen LogP contribution in [0.5, 0.6) is 0 Å². The lowest BCUT2D eigenvalue weighted by molar-refractivity contribution is -0.150. The summed E-state index contributed by atoms with van der Waals surface area (Å²) in [6, 6.07) is 14.2. The molecule has 0 bridgehead atoms. The van der Waals surface area contributed by atoms with Crippen molar-refractivity contribution < 1.29 is 22.7 Å². The summed E-state index contributed by atoms with van der Waals surface area (Å²) in [5, 5.41) is 0. The highest BCUT2D eigenvalue weighted by Gasteiger charge is 2.49. The van der Waals surface area contributed by atoms with Gasteiger partial charge in [0.25, 0.3) is 0 Å². The summed E-state index contributed by atoms with van der Waals surface area (Å²) >= 11 is 0.